The Hall–Kier alpha value is -4.98. The number of rotatable bonds is 7. The van der Waals surface area contributed by atoms with Crippen molar-refractivity contribution in [2.45, 2.75) is 44.7 Å². The summed E-state index contributed by atoms with van der Waals surface area (Å²) in [5.74, 6) is -3.83. The summed E-state index contributed by atoms with van der Waals surface area (Å²) >= 11 is 0. The summed E-state index contributed by atoms with van der Waals surface area (Å²) in [6.45, 7) is 3.47. The van der Waals surface area contributed by atoms with Gasteiger partial charge in [0.15, 0.2) is 5.82 Å². The molecule has 2 aromatic carbocycles. The van der Waals surface area contributed by atoms with E-state index in [9.17, 15) is 13.9 Å². The average Bonchev–Trinajstić information content (AvgIpc) is 3.19. The topological polar surface area (TPSA) is 123 Å². The Morgan fingerprint density at radius 1 is 1.15 bits per heavy atom. The normalized spacial score (nSPS) is 18.2. The van der Waals surface area contributed by atoms with Crippen LogP contribution >= 0.6 is 0 Å². The van der Waals surface area contributed by atoms with Gasteiger partial charge < -0.3 is 25.2 Å². The van der Waals surface area contributed by atoms with Crippen LogP contribution in [-0.2, 0) is 6.42 Å². The van der Waals surface area contributed by atoms with Crippen molar-refractivity contribution in [2.24, 2.45) is 0 Å². The van der Waals surface area contributed by atoms with Crippen molar-refractivity contribution >= 4 is 33.3 Å². The highest BCUT2D eigenvalue weighted by Crippen LogP contribution is 2.44. The predicted octanol–water partition coefficient (Wildman–Crippen LogP) is 6.05. The summed E-state index contributed by atoms with van der Waals surface area (Å²) in [7, 11) is 1.58. The molecule has 250 valence electrons. The first-order chi connectivity index (χ1) is 23.0. The number of nitrogen functional groups attached to an aromatic ring is 1. The number of nitrogens with two attached hydrogens (primary N) is 1. The quantitative estimate of drug-likeness (QED) is 0.199. The second kappa shape index (κ2) is 11.9. The van der Waals surface area contributed by atoms with Gasteiger partial charge in [-0.15, -0.1) is 0 Å². The van der Waals surface area contributed by atoms with E-state index in [1.807, 2.05) is 17.9 Å². The lowest BCUT2D eigenvalue weighted by atomic mass is 9.94. The fourth-order valence-electron chi connectivity index (χ4n) is 6.78. The lowest BCUT2D eigenvalue weighted by molar-refractivity contribution is 0.0136. The maximum atomic E-state index is 17.0. The molecule has 2 atom stereocenters. The number of pyridine rings is 2. The molecular weight excluding hydrogens is 630 g/mol. The van der Waals surface area contributed by atoms with Crippen LogP contribution in [0.4, 0.5) is 29.2 Å². The Morgan fingerprint density at radius 2 is 1.96 bits per heavy atom. The van der Waals surface area contributed by atoms with Crippen LogP contribution in [0.1, 0.15) is 37.4 Å². The van der Waals surface area contributed by atoms with E-state index in [2.05, 4.69) is 19.9 Å². The number of phenolic OH excluding ortho intramolecular Hbond substituents is 1. The van der Waals surface area contributed by atoms with E-state index in [4.69, 9.17) is 15.2 Å². The first-order valence-corrected chi connectivity index (χ1v) is 15.6. The molecule has 0 radical (unpaired) electrons. The number of fused-ring (bicyclic) bond motifs is 1. The van der Waals surface area contributed by atoms with E-state index in [1.165, 1.54) is 29.2 Å². The molecule has 1 unspecified atom stereocenters. The number of aromatic hydroxyl groups is 1. The minimum Gasteiger partial charge on any atom is -0.508 e. The molecule has 2 aliphatic heterocycles. The summed E-state index contributed by atoms with van der Waals surface area (Å²) < 4.78 is 72.4. The van der Waals surface area contributed by atoms with Crippen LogP contribution < -0.4 is 20.1 Å². The van der Waals surface area contributed by atoms with Gasteiger partial charge >= 0.3 is 6.01 Å². The third kappa shape index (κ3) is 5.43. The fraction of sp³-hybridized carbons (Fsp3) is 0.353. The number of aromatic nitrogens is 4. The lowest BCUT2D eigenvalue weighted by Gasteiger charge is -2.30. The van der Waals surface area contributed by atoms with Gasteiger partial charge in [-0.05, 0) is 61.0 Å². The SMILES string of the molecule is CCc1c(F)ccc2cc(O)cc(-c3nc4c5c(nc(OC[C@@H]6CC(F)(F)CN6C)nc5c3F)N(C(C)c3cccnc3N)CCO4)c12. The number of nitrogens with zero attached hydrogens (tertiary/aromatic N) is 6. The van der Waals surface area contributed by atoms with E-state index in [0.717, 1.165) is 0 Å². The molecule has 10 nitrogen and oxygen atoms in total. The Bertz CT molecular complexity index is 2060. The third-order valence-corrected chi connectivity index (χ3v) is 9.15. The molecule has 48 heavy (non-hydrogen) atoms. The molecule has 0 saturated carbocycles. The van der Waals surface area contributed by atoms with Crippen LogP contribution in [0.25, 0.3) is 32.9 Å². The molecule has 5 aromatic rings. The van der Waals surface area contributed by atoms with Gasteiger partial charge in [-0.2, -0.15) is 9.97 Å². The number of phenols is 1. The van der Waals surface area contributed by atoms with Crippen molar-refractivity contribution in [2.75, 3.05) is 44.0 Å². The minimum absolute atomic E-state index is 0.0259. The maximum absolute atomic E-state index is 17.0. The number of alkyl halides is 2. The highest BCUT2D eigenvalue weighted by molar-refractivity contribution is 6.03. The molecule has 0 amide bonds. The number of likely N-dealkylation sites (N-methyl/N-ethyl adjacent to an activating group) is 1. The third-order valence-electron chi connectivity index (χ3n) is 9.15. The zero-order valence-electron chi connectivity index (χ0n) is 26.5. The van der Waals surface area contributed by atoms with Crippen LogP contribution in [0.5, 0.6) is 17.6 Å². The first kappa shape index (κ1) is 31.6. The zero-order chi connectivity index (χ0) is 33.9. The van der Waals surface area contributed by atoms with Gasteiger partial charge in [0, 0.05) is 29.8 Å². The van der Waals surface area contributed by atoms with Crippen molar-refractivity contribution in [1.29, 1.82) is 0 Å². The summed E-state index contributed by atoms with van der Waals surface area (Å²) in [6, 6.07) is 7.91. The van der Waals surface area contributed by atoms with E-state index in [-0.39, 0.29) is 65.4 Å². The van der Waals surface area contributed by atoms with Crippen molar-refractivity contribution in [3.05, 3.63) is 65.4 Å². The van der Waals surface area contributed by atoms with Crippen LogP contribution in [-0.4, -0.2) is 75.3 Å². The molecule has 3 aromatic heterocycles. The van der Waals surface area contributed by atoms with E-state index in [0.29, 0.717) is 34.1 Å². The molecule has 3 N–H and O–H groups in total. The summed E-state index contributed by atoms with van der Waals surface area (Å²) in [6.07, 6.45) is 1.46. The fourth-order valence-corrected chi connectivity index (χ4v) is 6.78. The number of benzene rings is 2. The predicted molar refractivity (Wildman–Crippen MR) is 173 cm³/mol. The Morgan fingerprint density at radius 3 is 2.69 bits per heavy atom. The van der Waals surface area contributed by atoms with Gasteiger partial charge in [0.05, 0.1) is 19.1 Å². The van der Waals surface area contributed by atoms with Crippen LogP contribution in [0.2, 0.25) is 0 Å². The summed E-state index contributed by atoms with van der Waals surface area (Å²) in [5.41, 5.74) is 6.97. The molecule has 1 fully saturated rings. The molecule has 0 bridgehead atoms. The van der Waals surface area contributed by atoms with Crippen LogP contribution in [0.15, 0.2) is 42.6 Å². The highest BCUT2D eigenvalue weighted by atomic mass is 19.3. The van der Waals surface area contributed by atoms with Gasteiger partial charge in [-0.25, -0.2) is 27.5 Å². The van der Waals surface area contributed by atoms with Gasteiger partial charge in [-0.3, -0.25) is 4.90 Å². The molecule has 0 aliphatic carbocycles. The highest BCUT2D eigenvalue weighted by Gasteiger charge is 2.43. The van der Waals surface area contributed by atoms with Gasteiger partial charge in [0.25, 0.3) is 5.92 Å². The minimum atomic E-state index is -2.87. The molecule has 2 aliphatic rings. The molecular formula is C34H33F4N7O3. The second-order valence-corrected chi connectivity index (χ2v) is 12.2. The van der Waals surface area contributed by atoms with E-state index >= 15 is 8.78 Å². The summed E-state index contributed by atoms with van der Waals surface area (Å²) in [5, 5.41) is 11.7. The molecule has 0 spiro atoms. The molecule has 5 heterocycles. The number of ether oxygens (including phenoxy) is 2. The van der Waals surface area contributed by atoms with E-state index < -0.39 is 42.6 Å². The van der Waals surface area contributed by atoms with Gasteiger partial charge in [0.2, 0.25) is 5.88 Å². The first-order valence-electron chi connectivity index (χ1n) is 15.6. The van der Waals surface area contributed by atoms with Crippen LogP contribution in [0, 0.1) is 11.6 Å². The standard InChI is InChI=1S/C34H33F4N7O3/c1-4-21-24(35)8-7-18-12-20(46)13-23(25(18)21)28-27(36)29-26-31(43-33(42-29)48-15-19-14-34(37,38)16-44(19)3)45(10-11-47-32(26)41-28)17(2)22-6-5-9-40-30(22)39/h5-9,12-13,17,19,46H,4,10-11,14-16H2,1-3H3,(H2,39,40)/t17?,19-/m0/s1. The van der Waals surface area contributed by atoms with Gasteiger partial charge in [-0.1, -0.05) is 19.1 Å². The number of likely N-dealkylation sites (tertiary alicyclic amines) is 1. The largest absolute Gasteiger partial charge is 0.508 e. The molecule has 7 rings (SSSR count). The monoisotopic (exact) mass is 663 g/mol. The Kier molecular flexibility index (Phi) is 7.85. The van der Waals surface area contributed by atoms with Crippen molar-refractivity contribution in [3.63, 3.8) is 0 Å². The smallest absolute Gasteiger partial charge is 0.319 e. The number of aryl methyl sites for hydroxylation is 1. The Labute approximate surface area is 273 Å². The second-order valence-electron chi connectivity index (χ2n) is 12.2. The Balaban J connectivity index is 1.44. The number of hydrogen-bond acceptors (Lipinski definition) is 10. The van der Waals surface area contributed by atoms with E-state index in [1.54, 1.807) is 26.2 Å². The van der Waals surface area contributed by atoms with Crippen molar-refractivity contribution in [3.8, 4) is 28.9 Å². The number of anilines is 2. The van der Waals surface area contributed by atoms with Gasteiger partial charge in [0.1, 0.15) is 53.0 Å². The number of halogens is 4. The zero-order valence-corrected chi connectivity index (χ0v) is 26.5. The lowest BCUT2D eigenvalue weighted by Crippen LogP contribution is -2.32. The van der Waals surface area contributed by atoms with Crippen molar-refractivity contribution < 1.29 is 32.1 Å². The average molecular weight is 664 g/mol. The number of hydrogen-bond donors (Lipinski definition) is 2. The van der Waals surface area contributed by atoms with Crippen LogP contribution in [0.3, 0.4) is 0 Å². The summed E-state index contributed by atoms with van der Waals surface area (Å²) in [4.78, 5) is 21.3. The maximum Gasteiger partial charge on any atom is 0.319 e. The molecule has 14 heteroatoms. The van der Waals surface area contributed by atoms with Crippen molar-refractivity contribution in [1.82, 2.24) is 24.8 Å². The molecule has 1 saturated heterocycles.